The molecular weight excluding hydrogens is 257 g/mol. The Labute approximate surface area is 118 Å². The van der Waals surface area contributed by atoms with Gasteiger partial charge in [0.05, 0.1) is 0 Å². The third-order valence-corrected chi connectivity index (χ3v) is 4.16. The minimum atomic E-state index is -0.190. The molecule has 0 saturated carbocycles. The van der Waals surface area contributed by atoms with Gasteiger partial charge in [0.2, 0.25) is 0 Å². The number of hydrogen-bond donors (Lipinski definition) is 1. The van der Waals surface area contributed by atoms with Crippen LogP contribution in [0.2, 0.25) is 0 Å². The summed E-state index contributed by atoms with van der Waals surface area (Å²) in [7, 11) is 1.93. The fourth-order valence-electron chi connectivity index (χ4n) is 1.86. The van der Waals surface area contributed by atoms with Crippen molar-refractivity contribution in [3.63, 3.8) is 0 Å². The smallest absolute Gasteiger partial charge is 0.123 e. The average molecular weight is 275 g/mol. The summed E-state index contributed by atoms with van der Waals surface area (Å²) in [6.07, 6.45) is 0. The fraction of sp³-hybridized carbons (Fsp3) is 0.250. The zero-order chi connectivity index (χ0) is 13.7. The van der Waals surface area contributed by atoms with Crippen LogP contribution in [0.4, 0.5) is 4.39 Å². The Bertz CT molecular complexity index is 507. The highest BCUT2D eigenvalue weighted by Gasteiger charge is 2.09. The van der Waals surface area contributed by atoms with E-state index in [1.165, 1.54) is 22.6 Å². The maximum absolute atomic E-state index is 12.9. The molecule has 1 nitrogen and oxygen atoms in total. The Morgan fingerprint density at radius 2 is 1.68 bits per heavy atom. The van der Waals surface area contributed by atoms with Crippen LogP contribution in [-0.4, -0.2) is 12.8 Å². The van der Waals surface area contributed by atoms with E-state index in [9.17, 15) is 4.39 Å². The SMILES string of the molecule is CNC(CSc1ccc(C)cc1)c1ccc(F)cc1. The van der Waals surface area contributed by atoms with Crippen LogP contribution >= 0.6 is 11.8 Å². The second-order valence-electron chi connectivity index (χ2n) is 4.52. The minimum absolute atomic E-state index is 0.190. The van der Waals surface area contributed by atoms with Crippen molar-refractivity contribution in [2.75, 3.05) is 12.8 Å². The van der Waals surface area contributed by atoms with E-state index in [1.54, 1.807) is 11.8 Å². The van der Waals surface area contributed by atoms with Crippen LogP contribution in [0, 0.1) is 12.7 Å². The summed E-state index contributed by atoms with van der Waals surface area (Å²) < 4.78 is 12.9. The van der Waals surface area contributed by atoms with E-state index in [-0.39, 0.29) is 11.9 Å². The topological polar surface area (TPSA) is 12.0 Å². The summed E-state index contributed by atoms with van der Waals surface area (Å²) in [4.78, 5) is 1.26. The zero-order valence-electron chi connectivity index (χ0n) is 11.2. The van der Waals surface area contributed by atoms with Gasteiger partial charge >= 0.3 is 0 Å². The van der Waals surface area contributed by atoms with Crippen LogP contribution in [-0.2, 0) is 0 Å². The monoisotopic (exact) mass is 275 g/mol. The molecule has 0 aliphatic heterocycles. The molecule has 1 unspecified atom stereocenters. The van der Waals surface area contributed by atoms with Gasteiger partial charge in [-0.25, -0.2) is 4.39 Å². The van der Waals surface area contributed by atoms with Crippen molar-refractivity contribution in [2.24, 2.45) is 0 Å². The third-order valence-electron chi connectivity index (χ3n) is 3.06. The van der Waals surface area contributed by atoms with Crippen molar-refractivity contribution in [3.8, 4) is 0 Å². The lowest BCUT2D eigenvalue weighted by Gasteiger charge is -2.16. The highest BCUT2D eigenvalue weighted by atomic mass is 32.2. The van der Waals surface area contributed by atoms with E-state index in [2.05, 4.69) is 36.5 Å². The lowest BCUT2D eigenvalue weighted by atomic mass is 10.1. The molecule has 0 aromatic heterocycles. The second-order valence-corrected chi connectivity index (χ2v) is 5.61. The Morgan fingerprint density at radius 1 is 1.05 bits per heavy atom. The van der Waals surface area contributed by atoms with Gasteiger partial charge in [-0.3, -0.25) is 0 Å². The molecule has 0 fully saturated rings. The molecule has 100 valence electrons. The van der Waals surface area contributed by atoms with Gasteiger partial charge in [-0.1, -0.05) is 29.8 Å². The molecule has 0 heterocycles. The first kappa shape index (κ1) is 14.1. The fourth-order valence-corrected chi connectivity index (χ4v) is 2.90. The van der Waals surface area contributed by atoms with Crippen molar-refractivity contribution < 1.29 is 4.39 Å². The van der Waals surface area contributed by atoms with Crippen molar-refractivity contribution in [1.29, 1.82) is 0 Å². The molecule has 0 aliphatic rings. The van der Waals surface area contributed by atoms with Crippen molar-refractivity contribution in [2.45, 2.75) is 17.9 Å². The largest absolute Gasteiger partial charge is 0.312 e. The van der Waals surface area contributed by atoms with E-state index in [0.717, 1.165) is 11.3 Å². The first-order chi connectivity index (χ1) is 9.19. The first-order valence-electron chi connectivity index (χ1n) is 6.31. The summed E-state index contributed by atoms with van der Waals surface area (Å²) in [6.45, 7) is 2.09. The van der Waals surface area contributed by atoms with Gasteiger partial charge in [0.25, 0.3) is 0 Å². The normalized spacial score (nSPS) is 12.4. The number of hydrogen-bond acceptors (Lipinski definition) is 2. The minimum Gasteiger partial charge on any atom is -0.312 e. The van der Waals surface area contributed by atoms with Crippen LogP contribution in [0.25, 0.3) is 0 Å². The van der Waals surface area contributed by atoms with Crippen LogP contribution in [0.15, 0.2) is 53.4 Å². The number of benzene rings is 2. The van der Waals surface area contributed by atoms with E-state index in [4.69, 9.17) is 0 Å². The highest BCUT2D eigenvalue weighted by Crippen LogP contribution is 2.25. The van der Waals surface area contributed by atoms with Crippen LogP contribution in [0.1, 0.15) is 17.2 Å². The molecule has 2 aromatic carbocycles. The van der Waals surface area contributed by atoms with Gasteiger partial charge < -0.3 is 5.32 Å². The Kier molecular flexibility index (Phi) is 5.00. The van der Waals surface area contributed by atoms with Gasteiger partial charge in [0.15, 0.2) is 0 Å². The van der Waals surface area contributed by atoms with E-state index < -0.39 is 0 Å². The highest BCUT2D eigenvalue weighted by molar-refractivity contribution is 7.99. The molecule has 0 radical (unpaired) electrons. The molecule has 0 amide bonds. The summed E-state index contributed by atoms with van der Waals surface area (Å²) in [6, 6.07) is 15.4. The van der Waals surface area contributed by atoms with Crippen LogP contribution in [0.5, 0.6) is 0 Å². The van der Waals surface area contributed by atoms with Gasteiger partial charge in [-0.2, -0.15) is 0 Å². The Balaban J connectivity index is 1.99. The molecule has 1 N–H and O–H groups in total. The van der Waals surface area contributed by atoms with Crippen LogP contribution < -0.4 is 5.32 Å². The molecule has 19 heavy (non-hydrogen) atoms. The molecule has 2 aromatic rings. The quantitative estimate of drug-likeness (QED) is 0.821. The number of halogens is 1. The Morgan fingerprint density at radius 3 is 2.26 bits per heavy atom. The summed E-state index contributed by atoms with van der Waals surface area (Å²) >= 11 is 1.80. The number of thioether (sulfide) groups is 1. The summed E-state index contributed by atoms with van der Waals surface area (Å²) in [5.41, 5.74) is 2.39. The van der Waals surface area contributed by atoms with E-state index in [1.807, 2.05) is 19.2 Å². The lowest BCUT2D eigenvalue weighted by Crippen LogP contribution is -2.18. The van der Waals surface area contributed by atoms with E-state index in [0.29, 0.717) is 0 Å². The Hall–Kier alpha value is -1.32. The molecule has 0 aliphatic carbocycles. The van der Waals surface area contributed by atoms with Crippen molar-refractivity contribution in [1.82, 2.24) is 5.32 Å². The van der Waals surface area contributed by atoms with Crippen LogP contribution in [0.3, 0.4) is 0 Å². The van der Waals surface area contributed by atoms with Crippen molar-refractivity contribution >= 4 is 11.8 Å². The maximum Gasteiger partial charge on any atom is 0.123 e. The molecule has 0 bridgehead atoms. The van der Waals surface area contributed by atoms with Gasteiger partial charge in [0, 0.05) is 16.7 Å². The average Bonchev–Trinajstić information content (AvgIpc) is 2.43. The van der Waals surface area contributed by atoms with E-state index >= 15 is 0 Å². The lowest BCUT2D eigenvalue weighted by molar-refractivity contribution is 0.620. The zero-order valence-corrected chi connectivity index (χ0v) is 12.0. The maximum atomic E-state index is 12.9. The number of aryl methyl sites for hydroxylation is 1. The predicted molar refractivity (Wildman–Crippen MR) is 80.1 cm³/mol. The molecule has 2 rings (SSSR count). The second kappa shape index (κ2) is 6.73. The first-order valence-corrected chi connectivity index (χ1v) is 7.30. The molecular formula is C16H18FNS. The molecule has 0 spiro atoms. The molecule has 0 saturated heterocycles. The number of nitrogens with one attached hydrogen (secondary N) is 1. The van der Waals surface area contributed by atoms with Crippen molar-refractivity contribution in [3.05, 3.63) is 65.5 Å². The predicted octanol–water partition coefficient (Wildman–Crippen LogP) is 4.19. The van der Waals surface area contributed by atoms with Gasteiger partial charge in [-0.15, -0.1) is 11.8 Å². The molecule has 3 heteroatoms. The molecule has 1 atom stereocenters. The standard InChI is InChI=1S/C16H18FNS/c1-12-3-9-15(10-4-12)19-11-16(18-2)13-5-7-14(17)8-6-13/h3-10,16,18H,11H2,1-2H3. The summed E-state index contributed by atoms with van der Waals surface area (Å²) in [5.74, 6) is 0.732. The number of rotatable bonds is 5. The summed E-state index contributed by atoms with van der Waals surface area (Å²) in [5, 5.41) is 3.28. The third kappa shape index (κ3) is 4.08. The van der Waals surface area contributed by atoms with Gasteiger partial charge in [0.1, 0.15) is 5.82 Å². The van der Waals surface area contributed by atoms with Gasteiger partial charge in [-0.05, 0) is 43.8 Å².